The van der Waals surface area contributed by atoms with Crippen LogP contribution in [0.2, 0.25) is 5.02 Å². The maximum absolute atomic E-state index is 14.1. The fourth-order valence-electron chi connectivity index (χ4n) is 2.30. The van der Waals surface area contributed by atoms with Gasteiger partial charge in [0.05, 0.1) is 5.02 Å². The van der Waals surface area contributed by atoms with Crippen LogP contribution in [0.15, 0.2) is 40.9 Å². The highest BCUT2D eigenvalue weighted by atomic mass is 79.9. The molecule has 3 rings (SSSR count). The SMILES string of the molecule is OC(c1ccc(C2CC2)cc1)c1ccc(Br)c(Cl)c1F. The molecule has 4 heteroatoms. The van der Waals surface area contributed by atoms with Gasteiger partial charge in [0.25, 0.3) is 0 Å². The number of aliphatic hydroxyl groups is 1. The van der Waals surface area contributed by atoms with Gasteiger partial charge < -0.3 is 5.11 Å². The maximum Gasteiger partial charge on any atom is 0.149 e. The zero-order valence-corrected chi connectivity index (χ0v) is 13.0. The second kappa shape index (κ2) is 5.47. The summed E-state index contributed by atoms with van der Waals surface area (Å²) in [6.45, 7) is 0. The van der Waals surface area contributed by atoms with Gasteiger partial charge >= 0.3 is 0 Å². The normalized spacial score (nSPS) is 16.2. The number of halogens is 3. The van der Waals surface area contributed by atoms with Gasteiger partial charge in [-0.05, 0) is 51.9 Å². The Bertz CT molecular complexity index is 638. The standard InChI is InChI=1S/C16H13BrClFO/c17-13-8-7-12(15(19)14(13)18)16(20)11-5-3-10(4-6-11)9-1-2-9/h3-9,16,20H,1-2H2. The van der Waals surface area contributed by atoms with Crippen LogP contribution in [0.4, 0.5) is 4.39 Å². The fraction of sp³-hybridized carbons (Fsp3) is 0.250. The van der Waals surface area contributed by atoms with Crippen molar-refractivity contribution in [2.24, 2.45) is 0 Å². The van der Waals surface area contributed by atoms with E-state index in [2.05, 4.69) is 15.9 Å². The molecule has 0 saturated heterocycles. The molecule has 0 heterocycles. The Kier molecular flexibility index (Phi) is 3.85. The minimum Gasteiger partial charge on any atom is -0.384 e. The van der Waals surface area contributed by atoms with Gasteiger partial charge in [0, 0.05) is 10.0 Å². The minimum absolute atomic E-state index is 0.00356. The van der Waals surface area contributed by atoms with Crippen LogP contribution < -0.4 is 0 Å². The highest BCUT2D eigenvalue weighted by molar-refractivity contribution is 9.10. The molecular weight excluding hydrogens is 343 g/mol. The van der Waals surface area contributed by atoms with Gasteiger partial charge in [0.2, 0.25) is 0 Å². The smallest absolute Gasteiger partial charge is 0.149 e. The van der Waals surface area contributed by atoms with E-state index >= 15 is 0 Å². The van der Waals surface area contributed by atoms with Crippen molar-refractivity contribution < 1.29 is 9.50 Å². The van der Waals surface area contributed by atoms with Crippen LogP contribution >= 0.6 is 27.5 Å². The van der Waals surface area contributed by atoms with Gasteiger partial charge in [0.15, 0.2) is 0 Å². The van der Waals surface area contributed by atoms with Crippen LogP contribution in [0.25, 0.3) is 0 Å². The van der Waals surface area contributed by atoms with E-state index in [0.29, 0.717) is 16.0 Å². The second-order valence-corrected chi connectivity index (χ2v) is 6.34. The van der Waals surface area contributed by atoms with Crippen molar-refractivity contribution in [2.45, 2.75) is 24.9 Å². The molecule has 1 unspecified atom stereocenters. The van der Waals surface area contributed by atoms with Gasteiger partial charge in [-0.3, -0.25) is 0 Å². The van der Waals surface area contributed by atoms with Crippen molar-refractivity contribution >= 4 is 27.5 Å². The molecule has 1 aliphatic carbocycles. The summed E-state index contributed by atoms with van der Waals surface area (Å²) in [6.07, 6.45) is 1.46. The van der Waals surface area contributed by atoms with Crippen molar-refractivity contribution in [3.8, 4) is 0 Å². The zero-order valence-electron chi connectivity index (χ0n) is 10.6. The molecule has 1 nitrogen and oxygen atoms in total. The fourth-order valence-corrected chi connectivity index (χ4v) is 2.78. The lowest BCUT2D eigenvalue weighted by Gasteiger charge is -2.14. The van der Waals surface area contributed by atoms with Gasteiger partial charge in [-0.15, -0.1) is 0 Å². The molecule has 1 aliphatic rings. The Balaban J connectivity index is 1.91. The Morgan fingerprint density at radius 3 is 2.40 bits per heavy atom. The Morgan fingerprint density at radius 2 is 1.80 bits per heavy atom. The number of benzene rings is 2. The predicted molar refractivity (Wildman–Crippen MR) is 81.6 cm³/mol. The molecule has 1 saturated carbocycles. The van der Waals surface area contributed by atoms with Gasteiger partial charge in [-0.1, -0.05) is 41.9 Å². The molecule has 104 valence electrons. The third kappa shape index (κ3) is 2.62. The monoisotopic (exact) mass is 354 g/mol. The maximum atomic E-state index is 14.1. The molecule has 2 aromatic rings. The van der Waals surface area contributed by atoms with Crippen molar-refractivity contribution in [2.75, 3.05) is 0 Å². The number of hydrogen-bond donors (Lipinski definition) is 1. The van der Waals surface area contributed by atoms with Crippen LogP contribution in [-0.2, 0) is 0 Å². The molecule has 1 atom stereocenters. The molecule has 0 aliphatic heterocycles. The summed E-state index contributed by atoms with van der Waals surface area (Å²) in [7, 11) is 0. The number of rotatable bonds is 3. The summed E-state index contributed by atoms with van der Waals surface area (Å²) in [5, 5.41) is 10.3. The summed E-state index contributed by atoms with van der Waals surface area (Å²) < 4.78 is 14.6. The Labute approximate surface area is 130 Å². The number of hydrogen-bond acceptors (Lipinski definition) is 1. The first-order chi connectivity index (χ1) is 9.58. The van der Waals surface area contributed by atoms with Crippen LogP contribution in [0.3, 0.4) is 0 Å². The molecule has 0 radical (unpaired) electrons. The summed E-state index contributed by atoms with van der Waals surface area (Å²) in [5.41, 5.74) is 2.15. The summed E-state index contributed by atoms with van der Waals surface area (Å²) in [4.78, 5) is 0. The van der Waals surface area contributed by atoms with Gasteiger partial charge in [-0.2, -0.15) is 0 Å². The molecule has 0 aromatic heterocycles. The zero-order chi connectivity index (χ0) is 14.3. The molecule has 2 aromatic carbocycles. The molecule has 0 amide bonds. The average molecular weight is 356 g/mol. The summed E-state index contributed by atoms with van der Waals surface area (Å²) in [5.74, 6) is 0.0832. The van der Waals surface area contributed by atoms with E-state index in [-0.39, 0.29) is 10.6 Å². The van der Waals surface area contributed by atoms with E-state index in [9.17, 15) is 9.50 Å². The van der Waals surface area contributed by atoms with Crippen LogP contribution in [0, 0.1) is 5.82 Å². The first-order valence-corrected chi connectivity index (χ1v) is 7.66. The number of aliphatic hydroxyl groups excluding tert-OH is 1. The molecule has 0 spiro atoms. The lowest BCUT2D eigenvalue weighted by molar-refractivity contribution is 0.215. The van der Waals surface area contributed by atoms with E-state index in [1.807, 2.05) is 24.3 Å². The predicted octanol–water partition coefficient (Wildman–Crippen LogP) is 5.20. The quantitative estimate of drug-likeness (QED) is 0.750. The van der Waals surface area contributed by atoms with Crippen molar-refractivity contribution in [3.63, 3.8) is 0 Å². The summed E-state index contributed by atoms with van der Waals surface area (Å²) >= 11 is 9.02. The van der Waals surface area contributed by atoms with E-state index < -0.39 is 11.9 Å². The lowest BCUT2D eigenvalue weighted by Crippen LogP contribution is -2.03. The van der Waals surface area contributed by atoms with Crippen molar-refractivity contribution in [1.82, 2.24) is 0 Å². The third-order valence-corrected chi connectivity index (χ3v) is 4.92. The Morgan fingerprint density at radius 1 is 1.15 bits per heavy atom. The minimum atomic E-state index is -1.01. The van der Waals surface area contributed by atoms with Crippen molar-refractivity contribution in [1.29, 1.82) is 0 Å². The van der Waals surface area contributed by atoms with Crippen LogP contribution in [0.1, 0.15) is 41.6 Å². The third-order valence-electron chi connectivity index (χ3n) is 3.66. The topological polar surface area (TPSA) is 20.2 Å². The van der Waals surface area contributed by atoms with Crippen molar-refractivity contribution in [3.05, 3.63) is 68.4 Å². The highest BCUT2D eigenvalue weighted by Crippen LogP contribution is 2.40. The molecule has 1 N–H and O–H groups in total. The second-order valence-electron chi connectivity index (χ2n) is 5.11. The lowest BCUT2D eigenvalue weighted by atomic mass is 9.99. The highest BCUT2D eigenvalue weighted by Gasteiger charge is 2.24. The van der Waals surface area contributed by atoms with E-state index in [0.717, 1.165) is 0 Å². The largest absolute Gasteiger partial charge is 0.384 e. The van der Waals surface area contributed by atoms with Gasteiger partial charge in [-0.25, -0.2) is 4.39 Å². The average Bonchev–Trinajstić information content (AvgIpc) is 3.29. The first-order valence-electron chi connectivity index (χ1n) is 6.49. The molecule has 0 bridgehead atoms. The van der Waals surface area contributed by atoms with E-state index in [4.69, 9.17) is 11.6 Å². The van der Waals surface area contributed by atoms with Crippen LogP contribution in [-0.4, -0.2) is 5.11 Å². The Hall–Kier alpha value is -0.900. The van der Waals surface area contributed by atoms with Crippen LogP contribution in [0.5, 0.6) is 0 Å². The molecule has 20 heavy (non-hydrogen) atoms. The molecular formula is C16H13BrClFO. The van der Waals surface area contributed by atoms with Gasteiger partial charge in [0.1, 0.15) is 11.9 Å². The van der Waals surface area contributed by atoms with E-state index in [1.165, 1.54) is 18.4 Å². The summed E-state index contributed by atoms with van der Waals surface area (Å²) in [6, 6.07) is 10.9. The first kappa shape index (κ1) is 14.1. The molecule has 1 fully saturated rings. The van der Waals surface area contributed by atoms with E-state index in [1.54, 1.807) is 12.1 Å².